The number of methoxy groups -OCH3 is 2. The molecule has 0 atom stereocenters. The van der Waals surface area contributed by atoms with E-state index in [9.17, 15) is 4.79 Å². The summed E-state index contributed by atoms with van der Waals surface area (Å²) in [5.74, 6) is 1.46. The van der Waals surface area contributed by atoms with Crippen molar-refractivity contribution in [1.82, 2.24) is 4.90 Å². The van der Waals surface area contributed by atoms with Crippen LogP contribution in [0.5, 0.6) is 11.5 Å². The van der Waals surface area contributed by atoms with E-state index in [1.807, 2.05) is 40.0 Å². The van der Waals surface area contributed by atoms with Gasteiger partial charge in [-0.3, -0.25) is 4.79 Å². The molecule has 1 rings (SSSR count). The van der Waals surface area contributed by atoms with Crippen molar-refractivity contribution in [2.24, 2.45) is 11.1 Å². The molecule has 0 unspecified atom stereocenters. The van der Waals surface area contributed by atoms with Crippen LogP contribution in [0.2, 0.25) is 0 Å². The van der Waals surface area contributed by atoms with Crippen LogP contribution in [0.1, 0.15) is 37.8 Å². The van der Waals surface area contributed by atoms with Gasteiger partial charge in [-0.05, 0) is 43.0 Å². The van der Waals surface area contributed by atoms with Gasteiger partial charge < -0.3 is 20.1 Å². The first kappa shape index (κ1) is 19.3. The van der Waals surface area contributed by atoms with E-state index in [2.05, 4.69) is 0 Å². The first-order valence-electron chi connectivity index (χ1n) is 8.06. The first-order chi connectivity index (χ1) is 10.9. The van der Waals surface area contributed by atoms with E-state index in [0.29, 0.717) is 24.6 Å². The monoisotopic (exact) mass is 322 g/mol. The average Bonchev–Trinajstić information content (AvgIpc) is 2.57. The van der Waals surface area contributed by atoms with E-state index in [4.69, 9.17) is 15.2 Å². The molecule has 0 bridgehead atoms. The van der Waals surface area contributed by atoms with Crippen molar-refractivity contribution in [3.05, 3.63) is 23.3 Å². The van der Waals surface area contributed by atoms with E-state index >= 15 is 0 Å². The summed E-state index contributed by atoms with van der Waals surface area (Å²) in [5, 5.41) is 0. The van der Waals surface area contributed by atoms with Gasteiger partial charge in [0.2, 0.25) is 5.91 Å². The van der Waals surface area contributed by atoms with E-state index in [-0.39, 0.29) is 5.91 Å². The molecule has 1 amide bonds. The van der Waals surface area contributed by atoms with Crippen LogP contribution in [-0.4, -0.2) is 38.6 Å². The van der Waals surface area contributed by atoms with E-state index in [1.54, 1.807) is 19.1 Å². The average molecular weight is 322 g/mol. The Labute approximate surface area is 139 Å². The van der Waals surface area contributed by atoms with Crippen molar-refractivity contribution in [2.75, 3.05) is 27.8 Å². The summed E-state index contributed by atoms with van der Waals surface area (Å²) in [5.41, 5.74) is 7.52. The number of aryl methyl sites for hydroxylation is 1. The van der Waals surface area contributed by atoms with Crippen LogP contribution in [0.4, 0.5) is 0 Å². The van der Waals surface area contributed by atoms with Gasteiger partial charge in [0.25, 0.3) is 0 Å². The van der Waals surface area contributed by atoms with Gasteiger partial charge in [-0.15, -0.1) is 0 Å². The number of nitrogens with zero attached hydrogens (tertiary/aromatic N) is 1. The molecular weight excluding hydrogens is 292 g/mol. The lowest BCUT2D eigenvalue weighted by Crippen LogP contribution is -2.45. The highest BCUT2D eigenvalue weighted by molar-refractivity contribution is 5.82. The van der Waals surface area contributed by atoms with E-state index in [0.717, 1.165) is 24.0 Å². The molecule has 0 aliphatic heterocycles. The van der Waals surface area contributed by atoms with Crippen LogP contribution in [-0.2, 0) is 11.3 Å². The second kappa shape index (κ2) is 8.20. The van der Waals surface area contributed by atoms with Crippen LogP contribution in [0.3, 0.4) is 0 Å². The van der Waals surface area contributed by atoms with Gasteiger partial charge in [0.05, 0.1) is 19.6 Å². The predicted molar refractivity (Wildman–Crippen MR) is 92.8 cm³/mol. The highest BCUT2D eigenvalue weighted by atomic mass is 16.5. The Hall–Kier alpha value is -1.75. The summed E-state index contributed by atoms with van der Waals surface area (Å²) in [7, 11) is 5.05. The molecule has 5 heteroatoms. The molecule has 0 saturated heterocycles. The van der Waals surface area contributed by atoms with Crippen molar-refractivity contribution < 1.29 is 14.3 Å². The summed E-state index contributed by atoms with van der Waals surface area (Å²) in [6.07, 6.45) is 1.49. The van der Waals surface area contributed by atoms with E-state index < -0.39 is 5.41 Å². The molecule has 1 aromatic rings. The molecule has 2 N–H and O–H groups in total. The fraction of sp³-hybridized carbons (Fsp3) is 0.611. The van der Waals surface area contributed by atoms with Gasteiger partial charge in [0.15, 0.2) is 11.5 Å². The Kier molecular flexibility index (Phi) is 6.88. The number of ether oxygens (including phenoxy) is 2. The second-order valence-corrected chi connectivity index (χ2v) is 5.99. The Morgan fingerprint density at radius 2 is 1.70 bits per heavy atom. The molecule has 0 aliphatic carbocycles. The molecule has 130 valence electrons. The Balaban J connectivity index is 3.05. The van der Waals surface area contributed by atoms with Crippen LogP contribution >= 0.6 is 0 Å². The number of carbonyl (C=O) groups is 1. The summed E-state index contributed by atoms with van der Waals surface area (Å²) >= 11 is 0. The smallest absolute Gasteiger partial charge is 0.230 e. The minimum atomic E-state index is -0.473. The first-order valence-corrected chi connectivity index (χ1v) is 8.06. The Morgan fingerprint density at radius 1 is 1.17 bits per heavy atom. The number of hydrogen-bond acceptors (Lipinski definition) is 4. The quantitative estimate of drug-likeness (QED) is 0.799. The number of carbonyl (C=O) groups excluding carboxylic acids is 1. The maximum Gasteiger partial charge on any atom is 0.230 e. The zero-order valence-corrected chi connectivity index (χ0v) is 15.2. The Morgan fingerprint density at radius 3 is 2.13 bits per heavy atom. The Bertz CT molecular complexity index is 531. The zero-order valence-electron chi connectivity index (χ0n) is 15.2. The van der Waals surface area contributed by atoms with Crippen LogP contribution in [0, 0.1) is 12.3 Å². The highest BCUT2D eigenvalue weighted by Crippen LogP contribution is 2.32. The summed E-state index contributed by atoms with van der Waals surface area (Å²) in [6.45, 7) is 6.93. The minimum Gasteiger partial charge on any atom is -0.493 e. The van der Waals surface area contributed by atoms with Crippen molar-refractivity contribution in [2.45, 2.75) is 40.2 Å². The van der Waals surface area contributed by atoms with E-state index in [1.165, 1.54) is 0 Å². The SMILES string of the molecule is CCC(CC)(CN)C(=O)N(C)Cc1cc(OC)c(OC)cc1C. The lowest BCUT2D eigenvalue weighted by Gasteiger charge is -2.33. The molecule has 0 spiro atoms. The van der Waals surface area contributed by atoms with Gasteiger partial charge in [-0.25, -0.2) is 0 Å². The third-order valence-electron chi connectivity index (χ3n) is 4.79. The standard InChI is InChI=1S/C18H30N2O3/c1-7-18(8-2,12-19)17(21)20(4)11-14-10-16(23-6)15(22-5)9-13(14)3/h9-10H,7-8,11-12,19H2,1-6H3. The lowest BCUT2D eigenvalue weighted by atomic mass is 9.81. The summed E-state index contributed by atoms with van der Waals surface area (Å²) in [6, 6.07) is 3.86. The number of rotatable bonds is 8. The fourth-order valence-corrected chi connectivity index (χ4v) is 2.85. The molecule has 23 heavy (non-hydrogen) atoms. The molecule has 0 radical (unpaired) electrons. The molecule has 0 saturated carbocycles. The number of nitrogens with two attached hydrogens (primary N) is 1. The van der Waals surface area contributed by atoms with Crippen molar-refractivity contribution >= 4 is 5.91 Å². The normalized spacial score (nSPS) is 11.3. The highest BCUT2D eigenvalue weighted by Gasteiger charge is 2.35. The lowest BCUT2D eigenvalue weighted by molar-refractivity contribution is -0.141. The maximum atomic E-state index is 12.8. The molecule has 0 heterocycles. The largest absolute Gasteiger partial charge is 0.493 e. The van der Waals surface area contributed by atoms with Gasteiger partial charge in [-0.2, -0.15) is 0 Å². The van der Waals surface area contributed by atoms with Gasteiger partial charge in [0, 0.05) is 20.1 Å². The van der Waals surface area contributed by atoms with Crippen LogP contribution in [0.15, 0.2) is 12.1 Å². The van der Waals surface area contributed by atoms with Crippen molar-refractivity contribution in [3.63, 3.8) is 0 Å². The molecular formula is C18H30N2O3. The predicted octanol–water partition coefficient (Wildman–Crippen LogP) is 2.74. The molecule has 0 fully saturated rings. The number of hydrogen-bond donors (Lipinski definition) is 1. The maximum absolute atomic E-state index is 12.8. The molecule has 5 nitrogen and oxygen atoms in total. The second-order valence-electron chi connectivity index (χ2n) is 5.99. The van der Waals surface area contributed by atoms with Gasteiger partial charge in [-0.1, -0.05) is 13.8 Å². The van der Waals surface area contributed by atoms with Crippen LogP contribution in [0.25, 0.3) is 0 Å². The zero-order chi connectivity index (χ0) is 17.6. The van der Waals surface area contributed by atoms with Crippen molar-refractivity contribution in [3.8, 4) is 11.5 Å². The van der Waals surface area contributed by atoms with Gasteiger partial charge in [0.1, 0.15) is 0 Å². The van der Waals surface area contributed by atoms with Crippen molar-refractivity contribution in [1.29, 1.82) is 0 Å². The molecule has 0 aromatic heterocycles. The van der Waals surface area contributed by atoms with Crippen LogP contribution < -0.4 is 15.2 Å². The summed E-state index contributed by atoms with van der Waals surface area (Å²) < 4.78 is 10.7. The third kappa shape index (κ3) is 3.96. The number of benzene rings is 1. The topological polar surface area (TPSA) is 64.8 Å². The molecule has 1 aromatic carbocycles. The number of amides is 1. The third-order valence-corrected chi connectivity index (χ3v) is 4.79. The summed E-state index contributed by atoms with van der Waals surface area (Å²) in [4.78, 5) is 14.6. The fourth-order valence-electron chi connectivity index (χ4n) is 2.85. The molecule has 0 aliphatic rings. The minimum absolute atomic E-state index is 0.0965. The van der Waals surface area contributed by atoms with Gasteiger partial charge >= 0.3 is 0 Å².